The summed E-state index contributed by atoms with van der Waals surface area (Å²) in [4.78, 5) is 14.2. The molecule has 0 saturated carbocycles. The summed E-state index contributed by atoms with van der Waals surface area (Å²) in [6.07, 6.45) is 5.34. The van der Waals surface area contributed by atoms with Crippen LogP contribution in [0.1, 0.15) is 59.8 Å². The monoisotopic (exact) mass is 298 g/mol. The van der Waals surface area contributed by atoms with E-state index in [9.17, 15) is 9.90 Å². The average molecular weight is 298 g/mol. The Balaban J connectivity index is 2.26. The molecule has 4 nitrogen and oxygen atoms in total. The Hall–Kier alpha value is -0.770. The number of hydrogen-bond donors (Lipinski definition) is 2. The largest absolute Gasteiger partial charge is 0.396 e. The molecule has 1 heterocycles. The number of nitrogens with zero attached hydrogens (tertiary/aromatic N) is 1. The van der Waals surface area contributed by atoms with E-state index in [1.807, 2.05) is 4.90 Å². The van der Waals surface area contributed by atoms with Gasteiger partial charge in [-0.3, -0.25) is 0 Å². The van der Waals surface area contributed by atoms with Gasteiger partial charge in [0.25, 0.3) is 0 Å². The second-order valence-corrected chi connectivity index (χ2v) is 7.58. The molecule has 21 heavy (non-hydrogen) atoms. The lowest BCUT2D eigenvalue weighted by Gasteiger charge is -2.23. The van der Waals surface area contributed by atoms with Crippen molar-refractivity contribution >= 4 is 6.03 Å². The highest BCUT2D eigenvalue weighted by atomic mass is 16.3. The van der Waals surface area contributed by atoms with Crippen LogP contribution in [0.15, 0.2) is 0 Å². The van der Waals surface area contributed by atoms with Crippen molar-refractivity contribution in [1.29, 1.82) is 0 Å². The number of aliphatic hydroxyl groups excluding tert-OH is 1. The molecule has 0 aromatic rings. The van der Waals surface area contributed by atoms with Gasteiger partial charge in [0.15, 0.2) is 0 Å². The molecule has 0 radical (unpaired) electrons. The molecule has 0 spiro atoms. The van der Waals surface area contributed by atoms with Crippen molar-refractivity contribution in [2.24, 2.45) is 17.3 Å². The number of carbonyl (C=O) groups is 1. The number of amides is 2. The van der Waals surface area contributed by atoms with Crippen molar-refractivity contribution in [3.05, 3.63) is 0 Å². The zero-order valence-corrected chi connectivity index (χ0v) is 14.3. The molecule has 124 valence electrons. The normalized spacial score (nSPS) is 20.5. The molecule has 2 amide bonds. The second kappa shape index (κ2) is 8.62. The molecule has 0 bridgehead atoms. The Labute approximate surface area is 130 Å². The van der Waals surface area contributed by atoms with Gasteiger partial charge in [0.05, 0.1) is 0 Å². The third-order valence-electron chi connectivity index (χ3n) is 4.74. The number of urea groups is 1. The van der Waals surface area contributed by atoms with Gasteiger partial charge in [0, 0.05) is 26.2 Å². The van der Waals surface area contributed by atoms with E-state index in [2.05, 4.69) is 33.0 Å². The molecule has 0 aliphatic carbocycles. The van der Waals surface area contributed by atoms with Crippen LogP contribution in [0.3, 0.4) is 0 Å². The van der Waals surface area contributed by atoms with Gasteiger partial charge in [-0.25, -0.2) is 4.79 Å². The fourth-order valence-electron chi connectivity index (χ4n) is 2.95. The predicted octanol–water partition coefficient (Wildman–Crippen LogP) is 3.25. The van der Waals surface area contributed by atoms with Crippen LogP contribution in [0, 0.1) is 17.3 Å². The second-order valence-electron chi connectivity index (χ2n) is 7.58. The Morgan fingerprint density at radius 2 is 2.05 bits per heavy atom. The Morgan fingerprint density at radius 3 is 2.67 bits per heavy atom. The molecule has 0 aromatic heterocycles. The fourth-order valence-corrected chi connectivity index (χ4v) is 2.95. The SMILES string of the molecule is CC(C)C1CCCN(C(=O)NCCCC(C)(C)CO)CC1. The summed E-state index contributed by atoms with van der Waals surface area (Å²) in [5, 5.41) is 12.2. The first-order valence-corrected chi connectivity index (χ1v) is 8.49. The molecule has 1 atom stereocenters. The zero-order valence-electron chi connectivity index (χ0n) is 14.3. The van der Waals surface area contributed by atoms with Crippen LogP contribution < -0.4 is 5.32 Å². The van der Waals surface area contributed by atoms with Crippen LogP contribution in [0.5, 0.6) is 0 Å². The Morgan fingerprint density at radius 1 is 1.33 bits per heavy atom. The molecule has 1 aliphatic heterocycles. The van der Waals surface area contributed by atoms with Crippen LogP contribution in [-0.4, -0.2) is 42.3 Å². The van der Waals surface area contributed by atoms with E-state index in [1.54, 1.807) is 0 Å². The summed E-state index contributed by atoms with van der Waals surface area (Å²) < 4.78 is 0. The van der Waals surface area contributed by atoms with Gasteiger partial charge in [-0.2, -0.15) is 0 Å². The topological polar surface area (TPSA) is 52.6 Å². The van der Waals surface area contributed by atoms with E-state index in [0.29, 0.717) is 12.5 Å². The minimum atomic E-state index is -0.0438. The van der Waals surface area contributed by atoms with Gasteiger partial charge in [-0.15, -0.1) is 0 Å². The van der Waals surface area contributed by atoms with Crippen LogP contribution in [0.25, 0.3) is 0 Å². The highest BCUT2D eigenvalue weighted by Crippen LogP contribution is 2.24. The summed E-state index contributed by atoms with van der Waals surface area (Å²) in [6, 6.07) is 0.0845. The van der Waals surface area contributed by atoms with Crippen molar-refractivity contribution in [3.63, 3.8) is 0 Å². The van der Waals surface area contributed by atoms with Crippen molar-refractivity contribution in [1.82, 2.24) is 10.2 Å². The number of nitrogens with one attached hydrogen (secondary N) is 1. The van der Waals surface area contributed by atoms with E-state index in [0.717, 1.165) is 44.7 Å². The highest BCUT2D eigenvalue weighted by molar-refractivity contribution is 5.74. The van der Waals surface area contributed by atoms with E-state index >= 15 is 0 Å². The van der Waals surface area contributed by atoms with Crippen LogP contribution in [0.2, 0.25) is 0 Å². The standard InChI is InChI=1S/C17H34N2O2/c1-14(2)15-7-5-11-19(12-8-15)16(21)18-10-6-9-17(3,4)13-20/h14-15,20H,5-13H2,1-4H3,(H,18,21). The Bertz CT molecular complexity index is 316. The molecular weight excluding hydrogens is 264 g/mol. The van der Waals surface area contributed by atoms with E-state index < -0.39 is 0 Å². The number of likely N-dealkylation sites (tertiary alicyclic amines) is 1. The lowest BCUT2D eigenvalue weighted by Crippen LogP contribution is -2.41. The van der Waals surface area contributed by atoms with Gasteiger partial charge in [0.2, 0.25) is 0 Å². The van der Waals surface area contributed by atoms with Crippen molar-refractivity contribution in [2.45, 2.75) is 59.8 Å². The van der Waals surface area contributed by atoms with Gasteiger partial charge in [0.1, 0.15) is 0 Å². The van der Waals surface area contributed by atoms with Crippen molar-refractivity contribution in [2.75, 3.05) is 26.2 Å². The molecule has 2 N–H and O–H groups in total. The molecule has 1 saturated heterocycles. The van der Waals surface area contributed by atoms with E-state index in [4.69, 9.17) is 0 Å². The smallest absolute Gasteiger partial charge is 0.317 e. The molecule has 0 aromatic carbocycles. The third kappa shape index (κ3) is 6.68. The van der Waals surface area contributed by atoms with Crippen LogP contribution in [-0.2, 0) is 0 Å². The molecule has 4 heteroatoms. The maximum Gasteiger partial charge on any atom is 0.317 e. The molecule has 1 aliphatic rings. The highest BCUT2D eigenvalue weighted by Gasteiger charge is 2.22. The Kier molecular flexibility index (Phi) is 7.50. The number of hydrogen-bond acceptors (Lipinski definition) is 2. The third-order valence-corrected chi connectivity index (χ3v) is 4.74. The molecule has 1 unspecified atom stereocenters. The lowest BCUT2D eigenvalue weighted by atomic mass is 9.89. The zero-order chi connectivity index (χ0) is 15.9. The van der Waals surface area contributed by atoms with E-state index in [-0.39, 0.29) is 18.1 Å². The first kappa shape index (κ1) is 18.3. The molecule has 1 fully saturated rings. The minimum Gasteiger partial charge on any atom is -0.396 e. The molecular formula is C17H34N2O2. The van der Waals surface area contributed by atoms with Crippen LogP contribution >= 0.6 is 0 Å². The average Bonchev–Trinajstić information content (AvgIpc) is 2.69. The van der Waals surface area contributed by atoms with Crippen molar-refractivity contribution < 1.29 is 9.90 Å². The summed E-state index contributed by atoms with van der Waals surface area (Å²) >= 11 is 0. The quantitative estimate of drug-likeness (QED) is 0.740. The predicted molar refractivity (Wildman–Crippen MR) is 87.3 cm³/mol. The van der Waals surface area contributed by atoms with Crippen LogP contribution in [0.4, 0.5) is 4.79 Å². The number of carbonyl (C=O) groups excluding carboxylic acids is 1. The first-order valence-electron chi connectivity index (χ1n) is 8.49. The fraction of sp³-hybridized carbons (Fsp3) is 0.941. The number of aliphatic hydroxyl groups is 1. The van der Waals surface area contributed by atoms with Gasteiger partial charge in [-0.1, -0.05) is 27.7 Å². The summed E-state index contributed by atoms with van der Waals surface area (Å²) in [5.41, 5.74) is -0.0438. The first-order chi connectivity index (χ1) is 9.85. The van der Waals surface area contributed by atoms with Gasteiger partial charge in [-0.05, 0) is 49.4 Å². The van der Waals surface area contributed by atoms with E-state index in [1.165, 1.54) is 6.42 Å². The van der Waals surface area contributed by atoms with Gasteiger partial charge < -0.3 is 15.3 Å². The summed E-state index contributed by atoms with van der Waals surface area (Å²) in [7, 11) is 0. The summed E-state index contributed by atoms with van der Waals surface area (Å²) in [5.74, 6) is 1.47. The maximum absolute atomic E-state index is 12.2. The van der Waals surface area contributed by atoms with Crippen molar-refractivity contribution in [3.8, 4) is 0 Å². The van der Waals surface area contributed by atoms with Gasteiger partial charge >= 0.3 is 6.03 Å². The summed E-state index contributed by atoms with van der Waals surface area (Å²) in [6.45, 7) is 11.3. The lowest BCUT2D eigenvalue weighted by molar-refractivity contribution is 0.147. The molecule has 1 rings (SSSR count). The minimum absolute atomic E-state index is 0.0438. The number of rotatable bonds is 6. The maximum atomic E-state index is 12.2.